The molecule has 0 atom stereocenters. The maximum atomic E-state index is 12.8. The smallest absolute Gasteiger partial charge is 0.428 e. The summed E-state index contributed by atoms with van der Waals surface area (Å²) in [6.45, 7) is -0.306. The number of ether oxygens (including phenoxy) is 1. The maximum Gasteiger partial charge on any atom is 0.428 e. The summed E-state index contributed by atoms with van der Waals surface area (Å²) in [6.07, 6.45) is 15.7. The fourth-order valence-electron chi connectivity index (χ4n) is 4.75. The maximum absolute atomic E-state index is 12.8. The minimum absolute atomic E-state index is 0.0146. The lowest BCUT2D eigenvalue weighted by Gasteiger charge is -2.17. The van der Waals surface area contributed by atoms with Crippen LogP contribution in [0, 0.1) is 0 Å². The van der Waals surface area contributed by atoms with Gasteiger partial charge in [0.25, 0.3) is 0 Å². The van der Waals surface area contributed by atoms with Crippen LogP contribution < -0.4 is 0 Å². The largest absolute Gasteiger partial charge is 0.743 e. The first kappa shape index (κ1) is 39.9. The second kappa shape index (κ2) is 23.1. The van der Waals surface area contributed by atoms with Gasteiger partial charge in [-0.25, -0.2) is 13.2 Å². The Kier molecular flexibility index (Phi) is 20.1. The van der Waals surface area contributed by atoms with Crippen LogP contribution >= 0.6 is 15.9 Å². The number of esters is 1. The SMILES string of the molecule is O=C(OCCCCCCCCCCCCCCCCBr)C(F)(F)S(=O)(=O)[O-].c1ccc([S+](c2ccccc2)c2ccccc2)cc1. The number of carbonyl (C=O) groups excluding carboxylic acids is 1. The molecule has 0 amide bonds. The molecule has 0 radical (unpaired) electrons. The van der Waals surface area contributed by atoms with E-state index in [1.165, 1.54) is 72.5 Å². The zero-order valence-electron chi connectivity index (χ0n) is 26.5. The minimum atomic E-state index is -6.03. The molecule has 0 fully saturated rings. The molecule has 0 aromatic heterocycles. The van der Waals surface area contributed by atoms with Crippen LogP contribution in [0.4, 0.5) is 8.78 Å². The fourth-order valence-corrected chi connectivity index (χ4v) is 7.51. The molecule has 0 aliphatic carbocycles. The number of hydrogen-bond donors (Lipinski definition) is 0. The number of alkyl halides is 3. The fraction of sp³-hybridized carbons (Fsp3) is 0.472. The van der Waals surface area contributed by atoms with Gasteiger partial charge in [-0.3, -0.25) is 0 Å². The highest BCUT2D eigenvalue weighted by molar-refractivity contribution is 9.09. The van der Waals surface area contributed by atoms with Crippen molar-refractivity contribution in [2.45, 2.75) is 110 Å². The summed E-state index contributed by atoms with van der Waals surface area (Å²) in [6, 6.07) is 32.2. The first-order valence-corrected chi connectivity index (χ1v) is 19.9. The van der Waals surface area contributed by atoms with Crippen molar-refractivity contribution in [2.24, 2.45) is 0 Å². The molecular formula is C36H47BrF2O5S2. The van der Waals surface area contributed by atoms with E-state index in [0.717, 1.165) is 24.6 Å². The second-order valence-electron chi connectivity index (χ2n) is 11.0. The molecule has 0 saturated heterocycles. The molecular weight excluding hydrogens is 694 g/mol. The highest BCUT2D eigenvalue weighted by Crippen LogP contribution is 2.30. The van der Waals surface area contributed by atoms with E-state index in [0.29, 0.717) is 12.8 Å². The molecule has 0 aliphatic heterocycles. The Morgan fingerprint density at radius 1 is 0.609 bits per heavy atom. The van der Waals surface area contributed by atoms with Gasteiger partial charge in [0.15, 0.2) is 24.8 Å². The molecule has 3 rings (SSSR count). The molecule has 0 N–H and O–H groups in total. The Balaban J connectivity index is 0.000000336. The summed E-state index contributed by atoms with van der Waals surface area (Å²) >= 11 is 3.43. The van der Waals surface area contributed by atoms with Crippen molar-refractivity contribution in [3.8, 4) is 0 Å². The number of unbranched alkanes of at least 4 members (excludes halogenated alkanes) is 13. The molecule has 0 saturated carbocycles. The van der Waals surface area contributed by atoms with E-state index in [9.17, 15) is 26.5 Å². The number of carbonyl (C=O) groups is 1. The second-order valence-corrected chi connectivity index (χ2v) is 15.2. The summed E-state index contributed by atoms with van der Waals surface area (Å²) in [5.41, 5.74) is 0. The Hall–Kier alpha value is -2.27. The first-order valence-electron chi connectivity index (χ1n) is 16.1. The van der Waals surface area contributed by atoms with Crippen molar-refractivity contribution in [3.05, 3.63) is 91.0 Å². The molecule has 3 aromatic rings. The van der Waals surface area contributed by atoms with E-state index in [1.807, 2.05) is 0 Å². The van der Waals surface area contributed by atoms with Gasteiger partial charge in [0.1, 0.15) is 0 Å². The van der Waals surface area contributed by atoms with Crippen LogP contribution in [0.1, 0.15) is 89.9 Å². The number of hydrogen-bond acceptors (Lipinski definition) is 5. The Morgan fingerprint density at radius 2 is 0.913 bits per heavy atom. The van der Waals surface area contributed by atoms with E-state index in [2.05, 4.69) is 112 Å². The van der Waals surface area contributed by atoms with Crippen molar-refractivity contribution in [2.75, 3.05) is 11.9 Å². The van der Waals surface area contributed by atoms with Gasteiger partial charge in [0.05, 0.1) is 17.5 Å². The molecule has 10 heteroatoms. The summed E-state index contributed by atoms with van der Waals surface area (Å²) in [5.74, 6) is -2.29. The molecule has 0 aliphatic rings. The van der Waals surface area contributed by atoms with Gasteiger partial charge >= 0.3 is 11.2 Å². The van der Waals surface area contributed by atoms with Crippen LogP contribution in [0.3, 0.4) is 0 Å². The van der Waals surface area contributed by atoms with E-state index >= 15 is 0 Å². The Bertz CT molecular complexity index is 1220. The van der Waals surface area contributed by atoms with Crippen molar-refractivity contribution >= 4 is 42.9 Å². The van der Waals surface area contributed by atoms with E-state index in [1.54, 1.807) is 0 Å². The molecule has 0 bridgehead atoms. The molecule has 0 spiro atoms. The highest BCUT2D eigenvalue weighted by atomic mass is 79.9. The molecule has 46 heavy (non-hydrogen) atoms. The Labute approximate surface area is 285 Å². The first-order chi connectivity index (χ1) is 22.2. The van der Waals surface area contributed by atoms with E-state index < -0.39 is 21.3 Å². The monoisotopic (exact) mass is 740 g/mol. The summed E-state index contributed by atoms with van der Waals surface area (Å²) in [4.78, 5) is 15.0. The molecule has 0 unspecified atom stereocenters. The number of rotatable bonds is 21. The minimum Gasteiger partial charge on any atom is -0.743 e. The zero-order valence-corrected chi connectivity index (χ0v) is 29.7. The molecule has 3 aromatic carbocycles. The lowest BCUT2D eigenvalue weighted by molar-refractivity contribution is -0.161. The third-order valence-corrected chi connectivity index (χ3v) is 10.8. The average molecular weight is 742 g/mol. The predicted molar refractivity (Wildman–Crippen MR) is 186 cm³/mol. The van der Waals surface area contributed by atoms with Crippen molar-refractivity contribution in [1.82, 2.24) is 0 Å². The van der Waals surface area contributed by atoms with Gasteiger partial charge in [-0.2, -0.15) is 8.78 Å². The lowest BCUT2D eigenvalue weighted by atomic mass is 10.0. The van der Waals surface area contributed by atoms with E-state index in [-0.39, 0.29) is 17.5 Å². The van der Waals surface area contributed by atoms with Gasteiger partial charge in [-0.1, -0.05) is 148 Å². The lowest BCUT2D eigenvalue weighted by Crippen LogP contribution is -2.39. The van der Waals surface area contributed by atoms with Crippen LogP contribution in [-0.2, 0) is 30.5 Å². The standard InChI is InChI=1S/C18H33BrF2O5S.C18H15S/c19-15-13-11-9-7-5-3-1-2-4-6-8-10-12-14-16-26-17(22)18(20,21)27(23,24)25;1-4-10-16(11-5-1)19(17-12-6-2-7-13-17)18-14-8-3-9-15-18/h1-16H2,(H,23,24,25);1-15H/q;+1/p-1. The Morgan fingerprint density at radius 3 is 1.22 bits per heavy atom. The van der Waals surface area contributed by atoms with Gasteiger partial charge in [-0.05, 0) is 49.2 Å². The highest BCUT2D eigenvalue weighted by Gasteiger charge is 2.48. The van der Waals surface area contributed by atoms with Crippen LogP contribution in [0.5, 0.6) is 0 Å². The topological polar surface area (TPSA) is 83.5 Å². The van der Waals surface area contributed by atoms with Gasteiger partial charge in [-0.15, -0.1) is 0 Å². The quantitative estimate of drug-likeness (QED) is 0.0357. The van der Waals surface area contributed by atoms with Gasteiger partial charge < -0.3 is 9.29 Å². The van der Waals surface area contributed by atoms with Crippen LogP contribution in [0.15, 0.2) is 106 Å². The van der Waals surface area contributed by atoms with Crippen LogP contribution in [-0.4, -0.2) is 36.1 Å². The van der Waals surface area contributed by atoms with Gasteiger partial charge in [0, 0.05) is 5.33 Å². The number of benzene rings is 3. The summed E-state index contributed by atoms with van der Waals surface area (Å²) in [5, 5.41) is -3.92. The zero-order chi connectivity index (χ0) is 33.5. The third-order valence-electron chi connectivity index (χ3n) is 7.25. The number of halogens is 3. The van der Waals surface area contributed by atoms with Gasteiger partial charge in [0.2, 0.25) is 0 Å². The molecule has 0 heterocycles. The van der Waals surface area contributed by atoms with Crippen molar-refractivity contribution in [3.63, 3.8) is 0 Å². The third kappa shape index (κ3) is 15.5. The molecule has 5 nitrogen and oxygen atoms in total. The van der Waals surface area contributed by atoms with Crippen molar-refractivity contribution < 1.29 is 31.3 Å². The predicted octanol–water partition coefficient (Wildman–Crippen LogP) is 10.3. The van der Waals surface area contributed by atoms with Crippen LogP contribution in [0.2, 0.25) is 0 Å². The molecule has 254 valence electrons. The van der Waals surface area contributed by atoms with Crippen molar-refractivity contribution in [1.29, 1.82) is 0 Å². The normalized spacial score (nSPS) is 11.6. The van der Waals surface area contributed by atoms with Crippen LogP contribution in [0.25, 0.3) is 0 Å². The van der Waals surface area contributed by atoms with E-state index in [4.69, 9.17) is 0 Å². The average Bonchev–Trinajstić information content (AvgIpc) is 3.06. The summed E-state index contributed by atoms with van der Waals surface area (Å²) < 4.78 is 60.6. The summed E-state index contributed by atoms with van der Waals surface area (Å²) in [7, 11) is -6.05.